The van der Waals surface area contributed by atoms with Crippen LogP contribution >= 0.6 is 0 Å². The normalized spacial score (nSPS) is 11.4. The molecule has 0 atom stereocenters. The molecule has 2 aromatic rings. The Kier molecular flexibility index (Phi) is 4.76. The molecule has 23 heavy (non-hydrogen) atoms. The molecule has 8 heteroatoms. The number of methoxy groups -OCH3 is 1. The first-order valence-electron chi connectivity index (χ1n) is 6.71. The fraction of sp³-hybridized carbons (Fsp3) is 0.267. The van der Waals surface area contributed by atoms with Crippen LogP contribution < -0.4 is 9.46 Å². The maximum Gasteiger partial charge on any atom is 0.339 e. The summed E-state index contributed by atoms with van der Waals surface area (Å²) < 4.78 is 37.3. The van der Waals surface area contributed by atoms with E-state index in [-0.39, 0.29) is 22.8 Å². The van der Waals surface area contributed by atoms with Gasteiger partial charge in [-0.15, -0.1) is 0 Å². The number of ether oxygens (including phenoxy) is 1. The van der Waals surface area contributed by atoms with E-state index in [9.17, 15) is 13.2 Å². The lowest BCUT2D eigenvalue weighted by molar-refractivity contribution is 0.0693. The maximum atomic E-state index is 12.3. The van der Waals surface area contributed by atoms with Crippen LogP contribution in [0.5, 0.6) is 5.75 Å². The van der Waals surface area contributed by atoms with Crippen LogP contribution in [-0.2, 0) is 16.6 Å². The van der Waals surface area contributed by atoms with Crippen LogP contribution in [0.1, 0.15) is 27.4 Å². The summed E-state index contributed by atoms with van der Waals surface area (Å²) in [4.78, 5) is 11.0. The number of benzene rings is 1. The van der Waals surface area contributed by atoms with E-state index in [0.717, 1.165) is 11.6 Å². The first-order valence-corrected chi connectivity index (χ1v) is 8.20. The third-order valence-electron chi connectivity index (χ3n) is 3.31. The molecule has 1 heterocycles. The van der Waals surface area contributed by atoms with Gasteiger partial charge in [-0.25, -0.2) is 17.9 Å². The van der Waals surface area contributed by atoms with E-state index in [1.807, 2.05) is 0 Å². The summed E-state index contributed by atoms with van der Waals surface area (Å²) >= 11 is 0. The molecule has 0 unspecified atom stereocenters. The van der Waals surface area contributed by atoms with E-state index in [1.165, 1.54) is 19.2 Å². The minimum absolute atomic E-state index is 0.0555. The van der Waals surface area contributed by atoms with Crippen molar-refractivity contribution in [3.05, 3.63) is 46.9 Å². The first kappa shape index (κ1) is 17.0. The van der Waals surface area contributed by atoms with E-state index >= 15 is 0 Å². The number of nitrogens with one attached hydrogen (secondary N) is 1. The second kappa shape index (κ2) is 6.43. The van der Waals surface area contributed by atoms with Gasteiger partial charge in [-0.3, -0.25) is 0 Å². The number of carbonyl (C=O) groups is 1. The number of carboxylic acids is 1. The van der Waals surface area contributed by atoms with Gasteiger partial charge < -0.3 is 14.3 Å². The van der Waals surface area contributed by atoms with Gasteiger partial charge in [0.2, 0.25) is 10.0 Å². The van der Waals surface area contributed by atoms with Crippen LogP contribution in [0.4, 0.5) is 0 Å². The van der Waals surface area contributed by atoms with Gasteiger partial charge in [0.1, 0.15) is 22.8 Å². The average molecular weight is 339 g/mol. The Labute approximate surface area is 133 Å². The highest BCUT2D eigenvalue weighted by Crippen LogP contribution is 2.23. The van der Waals surface area contributed by atoms with Gasteiger partial charge in [0, 0.05) is 12.1 Å². The fourth-order valence-corrected chi connectivity index (χ4v) is 3.17. The highest BCUT2D eigenvalue weighted by atomic mass is 32.2. The summed E-state index contributed by atoms with van der Waals surface area (Å²) in [7, 11) is -2.54. The summed E-state index contributed by atoms with van der Waals surface area (Å²) in [6, 6.07) is 5.41. The summed E-state index contributed by atoms with van der Waals surface area (Å²) in [5, 5.41) is 9.13. The Balaban J connectivity index is 2.27. The van der Waals surface area contributed by atoms with E-state index in [2.05, 4.69) is 4.72 Å². The Morgan fingerprint density at radius 2 is 2.00 bits per heavy atom. The van der Waals surface area contributed by atoms with Crippen molar-refractivity contribution in [1.82, 2.24) is 4.72 Å². The number of hydrogen-bond acceptors (Lipinski definition) is 5. The molecule has 124 valence electrons. The lowest BCUT2D eigenvalue weighted by Crippen LogP contribution is -2.23. The van der Waals surface area contributed by atoms with Crippen LogP contribution in [0.15, 0.2) is 33.6 Å². The predicted octanol–water partition coefficient (Wildman–Crippen LogP) is 2.08. The third kappa shape index (κ3) is 3.72. The average Bonchev–Trinajstić information content (AvgIpc) is 2.82. The smallest absolute Gasteiger partial charge is 0.339 e. The van der Waals surface area contributed by atoms with Gasteiger partial charge in [-0.2, -0.15) is 0 Å². The lowest BCUT2D eigenvalue weighted by atomic mass is 10.2. The van der Waals surface area contributed by atoms with Crippen LogP contribution in [0, 0.1) is 13.8 Å². The molecular weight excluding hydrogens is 322 g/mol. The quantitative estimate of drug-likeness (QED) is 0.834. The van der Waals surface area contributed by atoms with Crippen molar-refractivity contribution < 1.29 is 27.5 Å². The SMILES string of the molecule is COc1ccc(S(=O)(=O)NCc2cc(C)oc2C)cc1C(=O)O. The first-order chi connectivity index (χ1) is 10.7. The summed E-state index contributed by atoms with van der Waals surface area (Å²) in [6.45, 7) is 3.57. The summed E-state index contributed by atoms with van der Waals surface area (Å²) in [5.74, 6) is 0.151. The van der Waals surface area contributed by atoms with Crippen molar-refractivity contribution in [2.24, 2.45) is 0 Å². The largest absolute Gasteiger partial charge is 0.496 e. The zero-order chi connectivity index (χ0) is 17.2. The third-order valence-corrected chi connectivity index (χ3v) is 4.71. The van der Waals surface area contributed by atoms with Gasteiger partial charge in [0.05, 0.1) is 12.0 Å². The van der Waals surface area contributed by atoms with E-state index in [4.69, 9.17) is 14.3 Å². The van der Waals surface area contributed by atoms with Gasteiger partial charge in [-0.1, -0.05) is 0 Å². The minimum Gasteiger partial charge on any atom is -0.496 e. The van der Waals surface area contributed by atoms with Crippen molar-refractivity contribution in [1.29, 1.82) is 0 Å². The maximum absolute atomic E-state index is 12.3. The van der Waals surface area contributed by atoms with E-state index in [0.29, 0.717) is 11.5 Å². The molecule has 0 amide bonds. The number of hydrogen-bond donors (Lipinski definition) is 2. The molecule has 1 aromatic heterocycles. The molecular formula is C15H17NO6S. The molecule has 0 aliphatic heterocycles. The van der Waals surface area contributed by atoms with Crippen molar-refractivity contribution in [3.63, 3.8) is 0 Å². The number of rotatable bonds is 6. The Morgan fingerprint density at radius 1 is 1.30 bits per heavy atom. The van der Waals surface area contributed by atoms with Gasteiger partial charge in [-0.05, 0) is 38.1 Å². The van der Waals surface area contributed by atoms with Crippen molar-refractivity contribution >= 4 is 16.0 Å². The molecule has 7 nitrogen and oxygen atoms in total. The molecule has 0 aliphatic carbocycles. The number of sulfonamides is 1. The fourth-order valence-electron chi connectivity index (χ4n) is 2.14. The molecule has 1 aromatic carbocycles. The molecule has 0 bridgehead atoms. The predicted molar refractivity (Wildman–Crippen MR) is 82.2 cm³/mol. The number of aromatic carboxylic acids is 1. The molecule has 0 saturated carbocycles. The van der Waals surface area contributed by atoms with Crippen LogP contribution in [0.2, 0.25) is 0 Å². The Bertz CT molecular complexity index is 838. The zero-order valence-corrected chi connectivity index (χ0v) is 13.7. The topological polar surface area (TPSA) is 106 Å². The second-order valence-corrected chi connectivity index (χ2v) is 6.70. The molecule has 0 aliphatic rings. The van der Waals surface area contributed by atoms with Gasteiger partial charge in [0.15, 0.2) is 0 Å². The Morgan fingerprint density at radius 3 is 2.52 bits per heavy atom. The second-order valence-electron chi connectivity index (χ2n) is 4.93. The molecule has 0 radical (unpaired) electrons. The highest BCUT2D eigenvalue weighted by molar-refractivity contribution is 7.89. The summed E-state index contributed by atoms with van der Waals surface area (Å²) in [5.41, 5.74) is 0.503. The monoisotopic (exact) mass is 339 g/mol. The lowest BCUT2D eigenvalue weighted by Gasteiger charge is -2.09. The van der Waals surface area contributed by atoms with Crippen LogP contribution in [0.3, 0.4) is 0 Å². The standard InChI is InChI=1S/C15H17NO6S/c1-9-6-11(10(2)22-9)8-16-23(19,20)12-4-5-14(21-3)13(7-12)15(17)18/h4-7,16H,8H2,1-3H3,(H,17,18). The van der Waals surface area contributed by atoms with Crippen molar-refractivity contribution in [2.75, 3.05) is 7.11 Å². The van der Waals surface area contributed by atoms with E-state index in [1.54, 1.807) is 19.9 Å². The molecule has 2 N–H and O–H groups in total. The molecule has 2 rings (SSSR count). The number of furan rings is 1. The van der Waals surface area contributed by atoms with Crippen LogP contribution in [-0.4, -0.2) is 26.6 Å². The number of aryl methyl sites for hydroxylation is 2. The highest BCUT2D eigenvalue weighted by Gasteiger charge is 2.20. The van der Waals surface area contributed by atoms with E-state index < -0.39 is 16.0 Å². The molecule has 0 spiro atoms. The molecule has 0 saturated heterocycles. The van der Waals surface area contributed by atoms with Gasteiger partial charge in [0.25, 0.3) is 0 Å². The number of carboxylic acid groups (broad SMARTS) is 1. The zero-order valence-electron chi connectivity index (χ0n) is 12.9. The van der Waals surface area contributed by atoms with Crippen molar-refractivity contribution in [3.8, 4) is 5.75 Å². The van der Waals surface area contributed by atoms with Gasteiger partial charge >= 0.3 is 5.97 Å². The van der Waals surface area contributed by atoms with Crippen LogP contribution in [0.25, 0.3) is 0 Å². The summed E-state index contributed by atoms with van der Waals surface area (Å²) in [6.07, 6.45) is 0. The Hall–Kier alpha value is -2.32. The molecule has 0 fully saturated rings. The van der Waals surface area contributed by atoms with Crippen molar-refractivity contribution in [2.45, 2.75) is 25.3 Å². The minimum atomic E-state index is -3.86.